The monoisotopic (exact) mass is 382 g/mol. The first-order valence-electron chi connectivity index (χ1n) is 8.28. The third-order valence-corrected chi connectivity index (χ3v) is 4.64. The molecule has 1 N–H and O–H groups in total. The van der Waals surface area contributed by atoms with Gasteiger partial charge in [-0.2, -0.15) is 0 Å². The summed E-state index contributed by atoms with van der Waals surface area (Å²) in [6.45, 7) is 4.11. The second-order valence-corrected chi connectivity index (χ2v) is 6.98. The lowest BCUT2D eigenvalue weighted by Crippen LogP contribution is -2.54. The van der Waals surface area contributed by atoms with Gasteiger partial charge in [-0.15, -0.1) is 0 Å². The van der Waals surface area contributed by atoms with Gasteiger partial charge in [0.1, 0.15) is 5.57 Å². The number of rotatable bonds is 4. The van der Waals surface area contributed by atoms with E-state index in [0.717, 1.165) is 10.5 Å². The van der Waals surface area contributed by atoms with Crippen LogP contribution in [0.4, 0.5) is 10.5 Å². The van der Waals surface area contributed by atoms with E-state index in [4.69, 9.17) is 0 Å². The van der Waals surface area contributed by atoms with Crippen LogP contribution in [0.1, 0.15) is 30.9 Å². The summed E-state index contributed by atoms with van der Waals surface area (Å²) in [6.07, 6.45) is 6.26. The van der Waals surface area contributed by atoms with Crippen molar-refractivity contribution in [3.63, 3.8) is 0 Å². The van der Waals surface area contributed by atoms with Gasteiger partial charge in [0.05, 0.1) is 5.69 Å². The molecule has 3 rings (SSSR count). The number of nitrogens with one attached hydrogen (secondary N) is 1. The number of amides is 4. The maximum Gasteiger partial charge on any atom is 0.335 e. The number of barbiturate groups is 1. The first-order chi connectivity index (χ1) is 12.9. The molecule has 2 aromatic rings. The fraction of sp³-hybridized carbons (Fsp3) is 0.211. The molecule has 0 radical (unpaired) electrons. The van der Waals surface area contributed by atoms with E-state index in [-0.39, 0.29) is 5.57 Å². The van der Waals surface area contributed by atoms with Crippen molar-refractivity contribution in [2.45, 2.75) is 24.9 Å². The Hall–Kier alpha value is -3.00. The first kappa shape index (κ1) is 18.8. The van der Waals surface area contributed by atoms with E-state index >= 15 is 0 Å². The molecule has 27 heavy (non-hydrogen) atoms. The predicted octanol–water partition coefficient (Wildman–Crippen LogP) is 2.99. The van der Waals surface area contributed by atoms with Crippen LogP contribution in [0.25, 0.3) is 6.08 Å². The maximum atomic E-state index is 12.8. The van der Waals surface area contributed by atoms with E-state index in [1.165, 1.54) is 30.2 Å². The Morgan fingerprint density at radius 2 is 1.70 bits per heavy atom. The molecular formula is C19H18N4O3S. The number of hydrogen-bond acceptors (Lipinski definition) is 6. The number of hydrogen-bond donors (Lipinski definition) is 1. The molecule has 0 spiro atoms. The van der Waals surface area contributed by atoms with E-state index in [1.807, 2.05) is 18.4 Å². The lowest BCUT2D eigenvalue weighted by molar-refractivity contribution is -0.122. The van der Waals surface area contributed by atoms with Crippen molar-refractivity contribution in [2.24, 2.45) is 0 Å². The smallest absolute Gasteiger partial charge is 0.273 e. The molecule has 0 unspecified atom stereocenters. The molecule has 1 aliphatic heterocycles. The van der Waals surface area contributed by atoms with Crippen LogP contribution in [-0.2, 0) is 9.59 Å². The van der Waals surface area contributed by atoms with Gasteiger partial charge in [-0.05, 0) is 35.9 Å². The zero-order valence-corrected chi connectivity index (χ0v) is 15.9. The summed E-state index contributed by atoms with van der Waals surface area (Å²) >= 11 is 1.38. The number of anilines is 1. The lowest BCUT2D eigenvalue weighted by Gasteiger charge is -2.26. The Balaban J connectivity index is 1.94. The minimum absolute atomic E-state index is 0.150. The molecule has 7 nitrogen and oxygen atoms in total. The minimum atomic E-state index is -0.770. The number of aromatic nitrogens is 2. The van der Waals surface area contributed by atoms with Gasteiger partial charge < -0.3 is 0 Å². The van der Waals surface area contributed by atoms with E-state index < -0.39 is 17.8 Å². The Labute approximate surface area is 160 Å². The van der Waals surface area contributed by atoms with Crippen LogP contribution in [0.3, 0.4) is 0 Å². The van der Waals surface area contributed by atoms with Crippen LogP contribution < -0.4 is 10.2 Å². The maximum absolute atomic E-state index is 12.8. The van der Waals surface area contributed by atoms with E-state index in [0.29, 0.717) is 22.3 Å². The molecule has 1 fully saturated rings. The number of nitrogens with zero attached hydrogens (tertiary/aromatic N) is 3. The Morgan fingerprint density at radius 3 is 2.26 bits per heavy atom. The van der Waals surface area contributed by atoms with Crippen molar-refractivity contribution >= 4 is 41.4 Å². The number of benzene rings is 1. The van der Waals surface area contributed by atoms with Gasteiger partial charge in [-0.3, -0.25) is 14.9 Å². The zero-order chi connectivity index (χ0) is 19.6. The number of carbonyl (C=O) groups is 3. The normalized spacial score (nSPS) is 16.2. The number of imide groups is 2. The van der Waals surface area contributed by atoms with Crippen molar-refractivity contribution in [3.8, 4) is 0 Å². The van der Waals surface area contributed by atoms with Crippen molar-refractivity contribution in [1.29, 1.82) is 0 Å². The highest BCUT2D eigenvalue weighted by atomic mass is 32.2. The van der Waals surface area contributed by atoms with Gasteiger partial charge in [0, 0.05) is 18.0 Å². The largest absolute Gasteiger partial charge is 0.335 e. The summed E-state index contributed by atoms with van der Waals surface area (Å²) in [5.74, 6) is -1.10. The van der Waals surface area contributed by atoms with Gasteiger partial charge in [0.25, 0.3) is 11.8 Å². The quantitative estimate of drug-likeness (QED) is 0.378. The summed E-state index contributed by atoms with van der Waals surface area (Å²) in [5, 5.41) is 2.78. The second kappa shape index (κ2) is 7.71. The average molecular weight is 382 g/mol. The van der Waals surface area contributed by atoms with Crippen LogP contribution in [0, 0.1) is 0 Å². The van der Waals surface area contributed by atoms with Crippen LogP contribution >= 0.6 is 11.8 Å². The Kier molecular flexibility index (Phi) is 5.36. The summed E-state index contributed by atoms with van der Waals surface area (Å²) in [6, 6.07) is 6.33. The van der Waals surface area contributed by atoms with Gasteiger partial charge >= 0.3 is 6.03 Å². The van der Waals surface area contributed by atoms with Crippen LogP contribution in [0.5, 0.6) is 0 Å². The number of carbonyl (C=O) groups excluding carboxylic acids is 3. The molecule has 0 bridgehead atoms. The molecule has 2 heterocycles. The van der Waals surface area contributed by atoms with Crippen molar-refractivity contribution in [2.75, 3.05) is 11.2 Å². The topological polar surface area (TPSA) is 92.3 Å². The highest BCUT2D eigenvalue weighted by Gasteiger charge is 2.36. The molecule has 8 heteroatoms. The molecule has 0 atom stereocenters. The second-order valence-electron chi connectivity index (χ2n) is 6.21. The molecule has 4 amide bonds. The zero-order valence-electron chi connectivity index (χ0n) is 15.1. The molecule has 1 aliphatic rings. The average Bonchev–Trinajstić information content (AvgIpc) is 2.66. The number of thioether (sulfide) groups is 1. The summed E-state index contributed by atoms with van der Waals surface area (Å²) in [5.41, 5.74) is 1.83. The van der Waals surface area contributed by atoms with Crippen LogP contribution in [0.2, 0.25) is 0 Å². The summed E-state index contributed by atoms with van der Waals surface area (Å²) < 4.78 is 0. The minimum Gasteiger partial charge on any atom is -0.273 e. The third-order valence-electron chi connectivity index (χ3n) is 4.06. The molecule has 1 saturated heterocycles. The molecule has 0 saturated carbocycles. The molecule has 0 aliphatic carbocycles. The third kappa shape index (κ3) is 3.90. The molecule has 1 aromatic heterocycles. The predicted molar refractivity (Wildman–Crippen MR) is 103 cm³/mol. The van der Waals surface area contributed by atoms with Crippen molar-refractivity contribution in [1.82, 2.24) is 15.3 Å². The van der Waals surface area contributed by atoms with E-state index in [9.17, 15) is 14.4 Å². The fourth-order valence-corrected chi connectivity index (χ4v) is 2.89. The van der Waals surface area contributed by atoms with E-state index in [1.54, 1.807) is 12.1 Å². The summed E-state index contributed by atoms with van der Waals surface area (Å²) in [7, 11) is 0. The van der Waals surface area contributed by atoms with Gasteiger partial charge in [-0.25, -0.2) is 19.7 Å². The first-order valence-corrected chi connectivity index (χ1v) is 9.50. The van der Waals surface area contributed by atoms with Gasteiger partial charge in [-0.1, -0.05) is 37.7 Å². The standard InChI is InChI=1S/C19H18N4O3S/c1-11(2)13-4-6-14(7-5-13)23-17(25)15(16(24)22-19(23)26)8-12-9-20-18(27-3)21-10-12/h4-11H,1-3H3,(H,22,24,26)/b15-8-. The molecule has 138 valence electrons. The Bertz CT molecular complexity index is 921. The van der Waals surface area contributed by atoms with Gasteiger partial charge in [0.2, 0.25) is 0 Å². The summed E-state index contributed by atoms with van der Waals surface area (Å²) in [4.78, 5) is 46.4. The van der Waals surface area contributed by atoms with E-state index in [2.05, 4.69) is 29.1 Å². The molecular weight excluding hydrogens is 364 g/mol. The van der Waals surface area contributed by atoms with Gasteiger partial charge in [0.15, 0.2) is 5.16 Å². The van der Waals surface area contributed by atoms with Crippen LogP contribution in [0.15, 0.2) is 47.4 Å². The Morgan fingerprint density at radius 1 is 1.07 bits per heavy atom. The highest BCUT2D eigenvalue weighted by molar-refractivity contribution is 7.98. The molecule has 1 aromatic carbocycles. The highest BCUT2D eigenvalue weighted by Crippen LogP contribution is 2.24. The van der Waals surface area contributed by atoms with Crippen molar-refractivity contribution < 1.29 is 14.4 Å². The van der Waals surface area contributed by atoms with Crippen molar-refractivity contribution in [3.05, 3.63) is 53.4 Å². The lowest BCUT2D eigenvalue weighted by atomic mass is 10.0. The number of urea groups is 1. The SMILES string of the molecule is CSc1ncc(/C=C2/C(=O)NC(=O)N(c3ccc(C(C)C)cc3)C2=O)cn1. The fourth-order valence-electron chi connectivity index (χ4n) is 2.57. The van der Waals surface area contributed by atoms with Crippen LogP contribution in [-0.4, -0.2) is 34.1 Å².